The summed E-state index contributed by atoms with van der Waals surface area (Å²) in [5.41, 5.74) is 0. The van der Waals surface area contributed by atoms with Gasteiger partial charge in [0.1, 0.15) is 11.6 Å². The molecule has 0 saturated heterocycles. The summed E-state index contributed by atoms with van der Waals surface area (Å²) in [6, 6.07) is 0. The molecule has 7 heteroatoms. The molecule has 0 bridgehead atoms. The average Bonchev–Trinajstić information content (AvgIpc) is 2.82. The van der Waals surface area contributed by atoms with Crippen LogP contribution >= 0.6 is 0 Å². The monoisotopic (exact) mass is 350 g/mol. The second-order valence-electron chi connectivity index (χ2n) is 6.97. The lowest BCUT2D eigenvalue weighted by Gasteiger charge is -2.13. The molecule has 0 spiro atoms. The van der Waals surface area contributed by atoms with Gasteiger partial charge in [-0.15, -0.1) is 10.2 Å². The summed E-state index contributed by atoms with van der Waals surface area (Å²) >= 11 is 0. The highest BCUT2D eigenvalue weighted by atomic mass is 16.5. The molecule has 0 aliphatic carbocycles. The summed E-state index contributed by atoms with van der Waals surface area (Å²) in [6.07, 6.45) is 6.77. The number of nitrogens with one attached hydrogen (secondary N) is 2. The second kappa shape index (κ2) is 11.1. The fourth-order valence-corrected chi connectivity index (χ4v) is 2.91. The van der Waals surface area contributed by atoms with E-state index >= 15 is 0 Å². The Kier molecular flexibility index (Phi) is 8.72. The van der Waals surface area contributed by atoms with Crippen LogP contribution < -0.4 is 10.6 Å². The number of hydrogen-bond donors (Lipinski definition) is 2. The van der Waals surface area contributed by atoms with Crippen molar-refractivity contribution in [1.82, 2.24) is 25.4 Å². The van der Waals surface area contributed by atoms with E-state index < -0.39 is 0 Å². The Morgan fingerprint density at radius 1 is 1.16 bits per heavy atom. The van der Waals surface area contributed by atoms with Gasteiger partial charge in [0.15, 0.2) is 5.96 Å². The molecule has 0 amide bonds. The molecule has 1 aromatic rings. The van der Waals surface area contributed by atoms with Crippen LogP contribution in [0.15, 0.2) is 4.99 Å². The molecular formula is C18H34N6O. The van der Waals surface area contributed by atoms with Crippen molar-refractivity contribution in [1.29, 1.82) is 0 Å². The van der Waals surface area contributed by atoms with Crippen molar-refractivity contribution in [3.8, 4) is 0 Å². The third kappa shape index (κ3) is 7.02. The normalized spacial score (nSPS) is 15.1. The molecule has 142 valence electrons. The molecule has 0 saturated carbocycles. The van der Waals surface area contributed by atoms with Crippen LogP contribution in [0.4, 0.5) is 0 Å². The van der Waals surface area contributed by atoms with Crippen molar-refractivity contribution in [2.75, 3.05) is 33.4 Å². The lowest BCUT2D eigenvalue weighted by molar-refractivity contribution is 0.128. The lowest BCUT2D eigenvalue weighted by Crippen LogP contribution is -2.40. The number of guanidine groups is 1. The van der Waals surface area contributed by atoms with Crippen LogP contribution in [0.1, 0.15) is 51.2 Å². The Hall–Kier alpha value is -1.63. The largest absolute Gasteiger partial charge is 0.380 e. The number of aryl methyl sites for hydroxylation is 1. The third-order valence-electron chi connectivity index (χ3n) is 4.43. The molecule has 0 radical (unpaired) electrons. The first-order valence-electron chi connectivity index (χ1n) is 9.64. The van der Waals surface area contributed by atoms with Crippen LogP contribution in [0.5, 0.6) is 0 Å². The maximum Gasteiger partial charge on any atom is 0.191 e. The topological polar surface area (TPSA) is 76.4 Å². The minimum atomic E-state index is 0.689. The van der Waals surface area contributed by atoms with E-state index in [4.69, 9.17) is 4.74 Å². The first-order valence-corrected chi connectivity index (χ1v) is 9.64. The summed E-state index contributed by atoms with van der Waals surface area (Å²) < 4.78 is 7.91. The number of rotatable bonds is 9. The molecule has 0 atom stereocenters. The molecule has 25 heavy (non-hydrogen) atoms. The van der Waals surface area contributed by atoms with Gasteiger partial charge < -0.3 is 19.9 Å². The molecule has 0 unspecified atom stereocenters. The molecule has 2 heterocycles. The van der Waals surface area contributed by atoms with Crippen molar-refractivity contribution in [2.45, 2.75) is 58.9 Å². The Morgan fingerprint density at radius 2 is 2.00 bits per heavy atom. The molecule has 1 aliphatic rings. The van der Waals surface area contributed by atoms with E-state index in [9.17, 15) is 0 Å². The fourth-order valence-electron chi connectivity index (χ4n) is 2.91. The molecule has 0 aromatic carbocycles. The number of hydrogen-bond acceptors (Lipinski definition) is 4. The van der Waals surface area contributed by atoms with Gasteiger partial charge in [-0.1, -0.05) is 20.3 Å². The van der Waals surface area contributed by atoms with Crippen molar-refractivity contribution >= 4 is 5.96 Å². The van der Waals surface area contributed by atoms with Crippen LogP contribution in [0.2, 0.25) is 0 Å². The van der Waals surface area contributed by atoms with E-state index in [1.54, 1.807) is 7.05 Å². The van der Waals surface area contributed by atoms with Crippen molar-refractivity contribution in [3.05, 3.63) is 11.6 Å². The number of aromatic nitrogens is 3. The minimum Gasteiger partial charge on any atom is -0.380 e. The zero-order valence-corrected chi connectivity index (χ0v) is 16.1. The minimum absolute atomic E-state index is 0.689. The summed E-state index contributed by atoms with van der Waals surface area (Å²) in [4.78, 5) is 4.25. The second-order valence-corrected chi connectivity index (χ2v) is 6.97. The molecule has 1 aromatic heterocycles. The molecule has 1 aliphatic heterocycles. The van der Waals surface area contributed by atoms with Crippen LogP contribution in [-0.2, 0) is 24.1 Å². The number of nitrogens with zero attached hydrogens (tertiary/aromatic N) is 4. The Balaban J connectivity index is 1.64. The summed E-state index contributed by atoms with van der Waals surface area (Å²) in [5.74, 6) is 3.73. The van der Waals surface area contributed by atoms with E-state index in [2.05, 4.69) is 44.2 Å². The summed E-state index contributed by atoms with van der Waals surface area (Å²) in [5, 5.41) is 15.3. The highest BCUT2D eigenvalue weighted by Gasteiger charge is 2.14. The van der Waals surface area contributed by atoms with E-state index in [1.165, 1.54) is 19.3 Å². The standard InChI is InChI=1S/C18H34N6O/c1-15(2)9-13-25-14-11-21-18(19-3)20-10-8-17-23-22-16-7-5-4-6-12-24(16)17/h15H,4-14H2,1-3H3,(H2,19,20,21). The predicted molar refractivity (Wildman–Crippen MR) is 101 cm³/mol. The number of aliphatic imine (C=N–C) groups is 1. The quantitative estimate of drug-likeness (QED) is 0.403. The van der Waals surface area contributed by atoms with Gasteiger partial charge >= 0.3 is 0 Å². The first-order chi connectivity index (χ1) is 12.2. The van der Waals surface area contributed by atoms with E-state index in [1.807, 2.05) is 0 Å². The Bertz CT molecular complexity index is 526. The SMILES string of the molecule is CN=C(NCCOCCC(C)C)NCCc1nnc2n1CCCCC2. The molecule has 7 nitrogen and oxygen atoms in total. The van der Waals surface area contributed by atoms with Gasteiger partial charge in [0.2, 0.25) is 0 Å². The van der Waals surface area contributed by atoms with Gasteiger partial charge in [-0.25, -0.2) is 0 Å². The van der Waals surface area contributed by atoms with Crippen molar-refractivity contribution in [3.63, 3.8) is 0 Å². The van der Waals surface area contributed by atoms with Crippen molar-refractivity contribution in [2.24, 2.45) is 10.9 Å². The van der Waals surface area contributed by atoms with Gasteiger partial charge in [-0.05, 0) is 25.2 Å². The van der Waals surface area contributed by atoms with Crippen LogP contribution in [0.25, 0.3) is 0 Å². The van der Waals surface area contributed by atoms with E-state index in [-0.39, 0.29) is 0 Å². The number of ether oxygens (including phenoxy) is 1. The Labute approximate surface area is 151 Å². The van der Waals surface area contributed by atoms with Gasteiger partial charge in [0, 0.05) is 46.1 Å². The summed E-state index contributed by atoms with van der Waals surface area (Å²) in [7, 11) is 1.79. The van der Waals surface area contributed by atoms with Crippen LogP contribution in [0.3, 0.4) is 0 Å². The highest BCUT2D eigenvalue weighted by Crippen LogP contribution is 2.14. The maximum absolute atomic E-state index is 5.61. The summed E-state index contributed by atoms with van der Waals surface area (Å²) in [6.45, 7) is 8.56. The number of fused-ring (bicyclic) bond motifs is 1. The molecular weight excluding hydrogens is 316 g/mol. The third-order valence-corrected chi connectivity index (χ3v) is 4.43. The van der Waals surface area contributed by atoms with Gasteiger partial charge in [-0.3, -0.25) is 4.99 Å². The zero-order valence-electron chi connectivity index (χ0n) is 16.1. The van der Waals surface area contributed by atoms with Crippen LogP contribution in [0, 0.1) is 5.92 Å². The molecule has 2 N–H and O–H groups in total. The fraction of sp³-hybridized carbons (Fsp3) is 0.833. The highest BCUT2D eigenvalue weighted by molar-refractivity contribution is 5.79. The smallest absolute Gasteiger partial charge is 0.191 e. The lowest BCUT2D eigenvalue weighted by atomic mass is 10.1. The maximum atomic E-state index is 5.61. The van der Waals surface area contributed by atoms with Gasteiger partial charge in [-0.2, -0.15) is 0 Å². The van der Waals surface area contributed by atoms with E-state index in [0.29, 0.717) is 12.5 Å². The van der Waals surface area contributed by atoms with Crippen molar-refractivity contribution < 1.29 is 4.74 Å². The van der Waals surface area contributed by atoms with E-state index in [0.717, 1.165) is 63.1 Å². The Morgan fingerprint density at radius 3 is 2.80 bits per heavy atom. The zero-order chi connectivity index (χ0) is 17.9. The predicted octanol–water partition coefficient (Wildman–Crippen LogP) is 1.77. The first kappa shape index (κ1) is 19.7. The van der Waals surface area contributed by atoms with Gasteiger partial charge in [0.05, 0.1) is 6.61 Å². The average molecular weight is 351 g/mol. The molecule has 2 rings (SSSR count). The van der Waals surface area contributed by atoms with Gasteiger partial charge in [0.25, 0.3) is 0 Å². The molecule has 0 fully saturated rings. The van der Waals surface area contributed by atoms with Crippen LogP contribution in [-0.4, -0.2) is 54.1 Å².